The Balaban J connectivity index is 2.15. The first-order valence-electron chi connectivity index (χ1n) is 7.36. The molecule has 1 amide bonds. The maximum absolute atomic E-state index is 12.7. The molecule has 4 nitrogen and oxygen atoms in total. The molecule has 4 heteroatoms. The molecule has 0 aromatic carbocycles. The molecule has 106 valence electrons. The predicted octanol–water partition coefficient (Wildman–Crippen LogP) is 2.45. The van der Waals surface area contributed by atoms with Crippen molar-refractivity contribution in [3.05, 3.63) is 23.7 Å². The molecule has 1 saturated heterocycles. The smallest absolute Gasteiger partial charge is 0.257 e. The van der Waals surface area contributed by atoms with E-state index in [-0.39, 0.29) is 5.91 Å². The van der Waals surface area contributed by atoms with Crippen LogP contribution in [0, 0.1) is 0 Å². The van der Waals surface area contributed by atoms with Gasteiger partial charge in [-0.1, -0.05) is 13.8 Å². The fraction of sp³-hybridized carbons (Fsp3) is 0.667. The standard InChI is InChI=1S/C15H24N2O2/c1-3-9-17(12-6-5-8-16-11-12)15(18)13-7-10-19-14(13)4-2/h7,10,12,16H,3-6,8-9,11H2,1-2H3. The van der Waals surface area contributed by atoms with Crippen LogP contribution in [0.15, 0.2) is 16.7 Å². The van der Waals surface area contributed by atoms with E-state index >= 15 is 0 Å². The lowest BCUT2D eigenvalue weighted by Gasteiger charge is -2.34. The van der Waals surface area contributed by atoms with E-state index in [4.69, 9.17) is 4.42 Å². The summed E-state index contributed by atoms with van der Waals surface area (Å²) in [6.07, 6.45) is 5.61. The number of hydrogen-bond donors (Lipinski definition) is 1. The summed E-state index contributed by atoms with van der Waals surface area (Å²) in [6.45, 7) is 6.93. The molecule has 0 radical (unpaired) electrons. The van der Waals surface area contributed by atoms with Gasteiger partial charge in [0.1, 0.15) is 5.76 Å². The van der Waals surface area contributed by atoms with Crippen LogP contribution in [0.25, 0.3) is 0 Å². The third-order valence-corrected chi connectivity index (χ3v) is 3.73. The first kappa shape index (κ1) is 14.1. The van der Waals surface area contributed by atoms with Crippen molar-refractivity contribution in [3.8, 4) is 0 Å². The van der Waals surface area contributed by atoms with Crippen LogP contribution >= 0.6 is 0 Å². The molecule has 0 aliphatic carbocycles. The van der Waals surface area contributed by atoms with E-state index in [0.717, 1.165) is 56.6 Å². The zero-order valence-electron chi connectivity index (χ0n) is 11.9. The lowest BCUT2D eigenvalue weighted by molar-refractivity contribution is 0.0646. The lowest BCUT2D eigenvalue weighted by Crippen LogP contribution is -2.49. The minimum atomic E-state index is 0.126. The highest BCUT2D eigenvalue weighted by Gasteiger charge is 2.27. The van der Waals surface area contributed by atoms with Crippen LogP contribution < -0.4 is 5.32 Å². The Morgan fingerprint density at radius 3 is 3.00 bits per heavy atom. The number of carbonyl (C=O) groups is 1. The molecule has 1 aliphatic rings. The molecule has 1 aromatic heterocycles. The van der Waals surface area contributed by atoms with Crippen molar-refractivity contribution in [2.75, 3.05) is 19.6 Å². The lowest BCUT2D eigenvalue weighted by atomic mass is 10.0. The van der Waals surface area contributed by atoms with Gasteiger partial charge in [0.2, 0.25) is 0 Å². The minimum absolute atomic E-state index is 0.126. The summed E-state index contributed by atoms with van der Waals surface area (Å²) in [5.41, 5.74) is 0.738. The van der Waals surface area contributed by atoms with Gasteiger partial charge in [-0.2, -0.15) is 0 Å². The second-order valence-electron chi connectivity index (χ2n) is 5.11. The molecule has 1 fully saturated rings. The van der Waals surface area contributed by atoms with E-state index in [1.54, 1.807) is 12.3 Å². The molecule has 1 aliphatic heterocycles. The average molecular weight is 264 g/mol. The number of piperidine rings is 1. The number of furan rings is 1. The van der Waals surface area contributed by atoms with Gasteiger partial charge in [0.15, 0.2) is 0 Å². The topological polar surface area (TPSA) is 45.5 Å². The number of amides is 1. The van der Waals surface area contributed by atoms with Crippen LogP contribution in [-0.4, -0.2) is 36.5 Å². The number of hydrogen-bond acceptors (Lipinski definition) is 3. The van der Waals surface area contributed by atoms with E-state index in [0.29, 0.717) is 6.04 Å². The Hall–Kier alpha value is -1.29. The average Bonchev–Trinajstić information content (AvgIpc) is 2.93. The van der Waals surface area contributed by atoms with Gasteiger partial charge in [0.25, 0.3) is 5.91 Å². The molecule has 0 spiro atoms. The highest BCUT2D eigenvalue weighted by atomic mass is 16.3. The number of rotatable bonds is 5. The summed E-state index contributed by atoms with van der Waals surface area (Å²) >= 11 is 0. The SMILES string of the molecule is CCCN(C(=O)c1ccoc1CC)C1CCCNC1. The largest absolute Gasteiger partial charge is 0.469 e. The number of nitrogens with zero attached hydrogens (tertiary/aromatic N) is 1. The van der Waals surface area contributed by atoms with Crippen molar-refractivity contribution in [2.45, 2.75) is 45.6 Å². The quantitative estimate of drug-likeness (QED) is 0.888. The molecule has 0 saturated carbocycles. The van der Waals surface area contributed by atoms with Crippen LogP contribution in [0.4, 0.5) is 0 Å². The van der Waals surface area contributed by atoms with Gasteiger partial charge < -0.3 is 14.6 Å². The summed E-state index contributed by atoms with van der Waals surface area (Å²) in [5.74, 6) is 0.927. The molecule has 1 unspecified atom stereocenters. The van der Waals surface area contributed by atoms with Crippen LogP contribution in [0.2, 0.25) is 0 Å². The maximum atomic E-state index is 12.7. The number of carbonyl (C=O) groups excluding carboxylic acids is 1. The molecule has 2 heterocycles. The van der Waals surface area contributed by atoms with Gasteiger partial charge in [0.05, 0.1) is 11.8 Å². The van der Waals surface area contributed by atoms with Gasteiger partial charge in [-0.25, -0.2) is 0 Å². The van der Waals surface area contributed by atoms with Gasteiger partial charge in [-0.3, -0.25) is 4.79 Å². The molecule has 1 N–H and O–H groups in total. The predicted molar refractivity (Wildman–Crippen MR) is 75.3 cm³/mol. The van der Waals surface area contributed by atoms with Crippen LogP contribution in [0.5, 0.6) is 0 Å². The zero-order chi connectivity index (χ0) is 13.7. The Morgan fingerprint density at radius 1 is 1.53 bits per heavy atom. The van der Waals surface area contributed by atoms with Crippen LogP contribution in [0.3, 0.4) is 0 Å². The highest BCUT2D eigenvalue weighted by Crippen LogP contribution is 2.19. The fourth-order valence-corrected chi connectivity index (χ4v) is 2.75. The monoisotopic (exact) mass is 264 g/mol. The summed E-state index contributed by atoms with van der Waals surface area (Å²) in [4.78, 5) is 14.7. The van der Waals surface area contributed by atoms with Gasteiger partial charge in [-0.15, -0.1) is 0 Å². The van der Waals surface area contributed by atoms with Crippen molar-refractivity contribution >= 4 is 5.91 Å². The summed E-state index contributed by atoms with van der Waals surface area (Å²) < 4.78 is 5.39. The Morgan fingerprint density at radius 2 is 2.37 bits per heavy atom. The molecular weight excluding hydrogens is 240 g/mol. The summed E-state index contributed by atoms with van der Waals surface area (Å²) in [6, 6.07) is 2.13. The molecule has 2 rings (SSSR count). The Labute approximate surface area is 115 Å². The van der Waals surface area contributed by atoms with Crippen LogP contribution in [0.1, 0.15) is 49.2 Å². The summed E-state index contributed by atoms with van der Waals surface area (Å²) in [7, 11) is 0. The Bertz CT molecular complexity index is 408. The molecule has 19 heavy (non-hydrogen) atoms. The second-order valence-corrected chi connectivity index (χ2v) is 5.11. The first-order valence-corrected chi connectivity index (χ1v) is 7.36. The van der Waals surface area contributed by atoms with Crippen molar-refractivity contribution in [3.63, 3.8) is 0 Å². The second kappa shape index (κ2) is 6.75. The van der Waals surface area contributed by atoms with E-state index in [1.807, 2.05) is 11.8 Å². The van der Waals surface area contributed by atoms with Crippen molar-refractivity contribution in [1.82, 2.24) is 10.2 Å². The third-order valence-electron chi connectivity index (χ3n) is 3.73. The zero-order valence-corrected chi connectivity index (χ0v) is 11.9. The van der Waals surface area contributed by atoms with Crippen molar-refractivity contribution < 1.29 is 9.21 Å². The first-order chi connectivity index (χ1) is 9.27. The normalized spacial score (nSPS) is 19.4. The third kappa shape index (κ3) is 3.18. The van der Waals surface area contributed by atoms with Gasteiger partial charge in [-0.05, 0) is 31.9 Å². The minimum Gasteiger partial charge on any atom is -0.469 e. The molecule has 1 atom stereocenters. The molecular formula is C15H24N2O2. The highest BCUT2D eigenvalue weighted by molar-refractivity contribution is 5.95. The molecule has 1 aromatic rings. The maximum Gasteiger partial charge on any atom is 0.257 e. The van der Waals surface area contributed by atoms with E-state index in [2.05, 4.69) is 12.2 Å². The van der Waals surface area contributed by atoms with E-state index < -0.39 is 0 Å². The number of aryl methyl sites for hydroxylation is 1. The molecule has 0 bridgehead atoms. The van der Waals surface area contributed by atoms with E-state index in [1.165, 1.54) is 0 Å². The van der Waals surface area contributed by atoms with Crippen molar-refractivity contribution in [2.24, 2.45) is 0 Å². The van der Waals surface area contributed by atoms with Gasteiger partial charge >= 0.3 is 0 Å². The fourth-order valence-electron chi connectivity index (χ4n) is 2.75. The summed E-state index contributed by atoms with van der Waals surface area (Å²) in [5, 5.41) is 3.39. The van der Waals surface area contributed by atoms with E-state index in [9.17, 15) is 4.79 Å². The number of nitrogens with one attached hydrogen (secondary N) is 1. The Kier molecular flexibility index (Phi) is 5.02. The van der Waals surface area contributed by atoms with Gasteiger partial charge in [0, 0.05) is 25.6 Å². The van der Waals surface area contributed by atoms with Crippen LogP contribution in [-0.2, 0) is 6.42 Å². The van der Waals surface area contributed by atoms with Crippen molar-refractivity contribution in [1.29, 1.82) is 0 Å².